The molecule has 0 aliphatic carbocycles. The maximum absolute atomic E-state index is 5.80. The maximum atomic E-state index is 5.80. The number of unbranched alkanes of at least 4 members (excludes halogenated alkanes) is 1. The Morgan fingerprint density at radius 1 is 0.607 bits per heavy atom. The minimum atomic E-state index is 0.632. The fourth-order valence-corrected chi connectivity index (χ4v) is 3.14. The Morgan fingerprint density at radius 3 is 1.29 bits per heavy atom. The lowest BCUT2D eigenvalue weighted by atomic mass is 9.98. The van der Waals surface area contributed by atoms with Crippen molar-refractivity contribution in [1.29, 1.82) is 0 Å². The van der Waals surface area contributed by atoms with Crippen LogP contribution in [0.3, 0.4) is 0 Å². The van der Waals surface area contributed by atoms with Crippen molar-refractivity contribution < 1.29 is 9.47 Å². The third-order valence-corrected chi connectivity index (χ3v) is 5.69. The average Bonchev–Trinajstić information content (AvgIpc) is 2.75. The quantitative estimate of drug-likeness (QED) is 0.340. The summed E-state index contributed by atoms with van der Waals surface area (Å²) in [5.41, 5.74) is 5.34. The van der Waals surface area contributed by atoms with Crippen molar-refractivity contribution >= 4 is 0 Å². The first kappa shape index (κ1) is 22.6. The SMILES string of the molecule is CCC(C)c1ccc(COCCCCOCc2ccc(C(C)CC)cc2)cc1. The number of benzene rings is 2. The van der Waals surface area contributed by atoms with Crippen molar-refractivity contribution in [2.24, 2.45) is 0 Å². The number of rotatable bonds is 13. The Bertz CT molecular complexity index is 586. The number of hydrogen-bond acceptors (Lipinski definition) is 2. The predicted molar refractivity (Wildman–Crippen MR) is 119 cm³/mol. The van der Waals surface area contributed by atoms with Crippen LogP contribution in [0.15, 0.2) is 48.5 Å². The molecule has 0 heterocycles. The van der Waals surface area contributed by atoms with E-state index in [1.54, 1.807) is 0 Å². The van der Waals surface area contributed by atoms with Crippen LogP contribution >= 0.6 is 0 Å². The van der Waals surface area contributed by atoms with E-state index in [-0.39, 0.29) is 0 Å². The minimum absolute atomic E-state index is 0.632. The van der Waals surface area contributed by atoms with Crippen LogP contribution in [0, 0.1) is 0 Å². The van der Waals surface area contributed by atoms with Gasteiger partial charge in [-0.05, 0) is 59.8 Å². The van der Waals surface area contributed by atoms with Gasteiger partial charge in [-0.3, -0.25) is 0 Å². The van der Waals surface area contributed by atoms with Crippen molar-refractivity contribution in [3.63, 3.8) is 0 Å². The van der Waals surface area contributed by atoms with Crippen LogP contribution in [-0.2, 0) is 22.7 Å². The predicted octanol–water partition coefficient (Wildman–Crippen LogP) is 7.23. The van der Waals surface area contributed by atoms with Gasteiger partial charge in [0.2, 0.25) is 0 Å². The lowest BCUT2D eigenvalue weighted by Crippen LogP contribution is -2.00. The Kier molecular flexibility index (Phi) is 10.3. The summed E-state index contributed by atoms with van der Waals surface area (Å²) in [5.74, 6) is 1.26. The summed E-state index contributed by atoms with van der Waals surface area (Å²) in [7, 11) is 0. The second-order valence-electron chi connectivity index (χ2n) is 7.91. The second-order valence-corrected chi connectivity index (χ2v) is 7.91. The van der Waals surface area contributed by atoms with Crippen LogP contribution in [0.1, 0.15) is 87.5 Å². The number of hydrogen-bond donors (Lipinski definition) is 0. The van der Waals surface area contributed by atoms with Crippen molar-refractivity contribution in [3.8, 4) is 0 Å². The van der Waals surface area contributed by atoms with Crippen LogP contribution in [0.5, 0.6) is 0 Å². The number of ether oxygens (including phenoxy) is 2. The molecule has 0 amide bonds. The van der Waals surface area contributed by atoms with Gasteiger partial charge in [-0.1, -0.05) is 76.2 Å². The fourth-order valence-electron chi connectivity index (χ4n) is 3.14. The van der Waals surface area contributed by atoms with E-state index in [0.29, 0.717) is 25.0 Å². The van der Waals surface area contributed by atoms with Crippen LogP contribution in [0.2, 0.25) is 0 Å². The van der Waals surface area contributed by atoms with E-state index in [2.05, 4.69) is 76.2 Å². The van der Waals surface area contributed by atoms with Gasteiger partial charge in [-0.25, -0.2) is 0 Å². The molecule has 0 aromatic heterocycles. The van der Waals surface area contributed by atoms with Gasteiger partial charge in [0.15, 0.2) is 0 Å². The van der Waals surface area contributed by atoms with Crippen LogP contribution in [0.4, 0.5) is 0 Å². The monoisotopic (exact) mass is 382 g/mol. The molecule has 0 saturated carbocycles. The molecule has 0 aliphatic rings. The van der Waals surface area contributed by atoms with Crippen LogP contribution < -0.4 is 0 Å². The Morgan fingerprint density at radius 2 is 0.964 bits per heavy atom. The molecule has 2 rings (SSSR count). The molecular formula is C26H38O2. The molecule has 2 nitrogen and oxygen atoms in total. The van der Waals surface area contributed by atoms with E-state index in [1.165, 1.54) is 35.1 Å². The highest BCUT2D eigenvalue weighted by molar-refractivity contribution is 5.25. The van der Waals surface area contributed by atoms with E-state index >= 15 is 0 Å². The molecule has 0 aliphatic heterocycles. The molecule has 2 heteroatoms. The first-order valence-corrected chi connectivity index (χ1v) is 11.0. The van der Waals surface area contributed by atoms with Crippen molar-refractivity contribution in [2.45, 2.75) is 78.4 Å². The Balaban J connectivity index is 1.52. The Labute approximate surface area is 172 Å². The highest BCUT2D eigenvalue weighted by atomic mass is 16.5. The van der Waals surface area contributed by atoms with E-state index in [1.807, 2.05) is 0 Å². The van der Waals surface area contributed by atoms with Gasteiger partial charge < -0.3 is 9.47 Å². The van der Waals surface area contributed by atoms with Crippen molar-refractivity contribution in [1.82, 2.24) is 0 Å². The molecule has 0 N–H and O–H groups in total. The summed E-state index contributed by atoms with van der Waals surface area (Å²) >= 11 is 0. The molecule has 0 saturated heterocycles. The zero-order valence-electron chi connectivity index (χ0n) is 18.2. The summed E-state index contributed by atoms with van der Waals surface area (Å²) in [4.78, 5) is 0. The van der Waals surface area contributed by atoms with Crippen LogP contribution in [0.25, 0.3) is 0 Å². The lowest BCUT2D eigenvalue weighted by molar-refractivity contribution is 0.0898. The fraction of sp³-hybridized carbons (Fsp3) is 0.538. The molecule has 2 atom stereocenters. The highest BCUT2D eigenvalue weighted by Gasteiger charge is 2.03. The van der Waals surface area contributed by atoms with Crippen LogP contribution in [-0.4, -0.2) is 13.2 Å². The molecule has 2 unspecified atom stereocenters. The maximum Gasteiger partial charge on any atom is 0.0716 e. The molecule has 0 bridgehead atoms. The van der Waals surface area contributed by atoms with Gasteiger partial charge >= 0.3 is 0 Å². The summed E-state index contributed by atoms with van der Waals surface area (Å²) < 4.78 is 11.6. The van der Waals surface area contributed by atoms with Gasteiger partial charge in [0.25, 0.3) is 0 Å². The summed E-state index contributed by atoms with van der Waals surface area (Å²) in [6.07, 6.45) is 4.44. The normalized spacial score (nSPS) is 13.4. The Hall–Kier alpha value is -1.64. The molecule has 0 fully saturated rings. The molecule has 0 radical (unpaired) electrons. The van der Waals surface area contributed by atoms with Crippen molar-refractivity contribution in [3.05, 3.63) is 70.8 Å². The molecule has 2 aromatic rings. The van der Waals surface area contributed by atoms with E-state index in [0.717, 1.165) is 26.1 Å². The largest absolute Gasteiger partial charge is 0.377 e. The standard InChI is InChI=1S/C26H38O2/c1-5-21(3)25-13-9-23(10-14-25)19-27-17-7-8-18-28-20-24-11-15-26(16-12-24)22(4)6-2/h9-16,21-22H,5-8,17-20H2,1-4H3. The third kappa shape index (κ3) is 7.77. The lowest BCUT2D eigenvalue weighted by Gasteiger charge is -2.10. The average molecular weight is 383 g/mol. The van der Waals surface area contributed by atoms with Crippen molar-refractivity contribution in [2.75, 3.05) is 13.2 Å². The minimum Gasteiger partial charge on any atom is -0.377 e. The second kappa shape index (κ2) is 12.7. The smallest absolute Gasteiger partial charge is 0.0716 e. The van der Waals surface area contributed by atoms with Gasteiger partial charge in [0.1, 0.15) is 0 Å². The highest BCUT2D eigenvalue weighted by Crippen LogP contribution is 2.20. The van der Waals surface area contributed by atoms with E-state index in [4.69, 9.17) is 9.47 Å². The third-order valence-electron chi connectivity index (χ3n) is 5.69. The van der Waals surface area contributed by atoms with Gasteiger partial charge in [0, 0.05) is 13.2 Å². The molecule has 154 valence electrons. The first-order valence-electron chi connectivity index (χ1n) is 11.0. The summed E-state index contributed by atoms with van der Waals surface area (Å²) in [5, 5.41) is 0. The van der Waals surface area contributed by atoms with E-state index < -0.39 is 0 Å². The summed E-state index contributed by atoms with van der Waals surface area (Å²) in [6.45, 7) is 12.0. The van der Waals surface area contributed by atoms with Gasteiger partial charge in [-0.15, -0.1) is 0 Å². The zero-order chi connectivity index (χ0) is 20.2. The molecule has 0 spiro atoms. The van der Waals surface area contributed by atoms with Gasteiger partial charge in [-0.2, -0.15) is 0 Å². The topological polar surface area (TPSA) is 18.5 Å². The zero-order valence-corrected chi connectivity index (χ0v) is 18.2. The molecule has 28 heavy (non-hydrogen) atoms. The van der Waals surface area contributed by atoms with Gasteiger partial charge in [0.05, 0.1) is 13.2 Å². The van der Waals surface area contributed by atoms with E-state index in [9.17, 15) is 0 Å². The molecule has 2 aromatic carbocycles. The summed E-state index contributed by atoms with van der Waals surface area (Å²) in [6, 6.07) is 17.7. The molecular weight excluding hydrogens is 344 g/mol. The first-order chi connectivity index (χ1) is 13.6.